The van der Waals surface area contributed by atoms with Crippen LogP contribution in [0.3, 0.4) is 0 Å². The normalized spacial score (nSPS) is 26.6. The molecule has 0 radical (unpaired) electrons. The molecule has 1 saturated carbocycles. The van der Waals surface area contributed by atoms with Gasteiger partial charge in [0.15, 0.2) is 0 Å². The second-order valence-electron chi connectivity index (χ2n) is 10.1. The van der Waals surface area contributed by atoms with Crippen LogP contribution in [0.4, 0.5) is 0 Å². The first-order chi connectivity index (χ1) is 14.9. The smallest absolute Gasteiger partial charge is 0.120 e. The lowest BCUT2D eigenvalue weighted by atomic mass is 9.88. The summed E-state index contributed by atoms with van der Waals surface area (Å²) < 4.78 is 0. The Kier molecular flexibility index (Phi) is 6.68. The zero-order valence-corrected chi connectivity index (χ0v) is 19.1. The lowest BCUT2D eigenvalue weighted by molar-refractivity contribution is -0.108. The van der Waals surface area contributed by atoms with Gasteiger partial charge in [0.25, 0.3) is 0 Å². The molecule has 4 nitrogen and oxygen atoms in total. The minimum atomic E-state index is -0.478. The molecule has 2 fully saturated rings. The van der Waals surface area contributed by atoms with Crippen LogP contribution >= 0.6 is 0 Å². The van der Waals surface area contributed by atoms with Crippen molar-refractivity contribution in [1.29, 1.82) is 0 Å². The van der Waals surface area contributed by atoms with Crippen LogP contribution in [-0.4, -0.2) is 52.0 Å². The lowest BCUT2D eigenvalue weighted by Gasteiger charge is -2.41. The van der Waals surface area contributed by atoms with Gasteiger partial charge in [-0.25, -0.2) is 0 Å². The molecule has 1 saturated heterocycles. The van der Waals surface area contributed by atoms with Crippen LogP contribution in [0, 0.1) is 5.92 Å². The molecule has 3 atom stereocenters. The third-order valence-corrected chi connectivity index (χ3v) is 7.88. The van der Waals surface area contributed by atoms with E-state index in [1.807, 2.05) is 13.0 Å². The molecule has 2 aliphatic heterocycles. The minimum Gasteiger partial charge on any atom is -0.390 e. The van der Waals surface area contributed by atoms with Gasteiger partial charge in [0.2, 0.25) is 0 Å². The fourth-order valence-corrected chi connectivity index (χ4v) is 5.95. The quantitative estimate of drug-likeness (QED) is 0.493. The van der Waals surface area contributed by atoms with Crippen LogP contribution in [0.15, 0.2) is 37.4 Å². The number of fused-ring (bicyclic) bond motifs is 1. The summed E-state index contributed by atoms with van der Waals surface area (Å²) in [5, 5.41) is 10.3. The predicted molar refractivity (Wildman–Crippen MR) is 127 cm³/mol. The van der Waals surface area contributed by atoms with E-state index in [4.69, 9.17) is 0 Å². The molecule has 1 aliphatic carbocycles. The van der Waals surface area contributed by atoms with E-state index in [0.717, 1.165) is 57.3 Å². The Morgan fingerprint density at radius 2 is 2.06 bits per heavy atom. The Bertz CT molecular complexity index is 821. The molecule has 1 aromatic rings. The topological polar surface area (TPSA) is 43.8 Å². The molecule has 2 heterocycles. The molecular weight excluding hydrogens is 384 g/mol. The first-order valence-electron chi connectivity index (χ1n) is 12.0. The molecule has 3 unspecified atom stereocenters. The Hall–Kier alpha value is -1.91. The number of hydrogen-bond donors (Lipinski definition) is 1. The van der Waals surface area contributed by atoms with Crippen LogP contribution in [0.2, 0.25) is 0 Å². The van der Waals surface area contributed by atoms with E-state index in [0.29, 0.717) is 18.4 Å². The molecule has 0 bridgehead atoms. The highest BCUT2D eigenvalue weighted by Crippen LogP contribution is 2.38. The molecule has 4 heteroatoms. The summed E-state index contributed by atoms with van der Waals surface area (Å²) in [6.07, 6.45) is 11.1. The van der Waals surface area contributed by atoms with Gasteiger partial charge in [-0.1, -0.05) is 37.3 Å². The van der Waals surface area contributed by atoms with Crippen molar-refractivity contribution in [2.24, 2.45) is 5.92 Å². The first-order valence-corrected chi connectivity index (χ1v) is 12.0. The third kappa shape index (κ3) is 4.80. The van der Waals surface area contributed by atoms with Crippen molar-refractivity contribution in [3.63, 3.8) is 0 Å². The maximum atomic E-state index is 10.8. The van der Waals surface area contributed by atoms with Crippen molar-refractivity contribution in [3.8, 4) is 0 Å². The number of aldehydes is 1. The molecule has 0 aromatic heterocycles. The molecular formula is C27H38N2O2. The van der Waals surface area contributed by atoms with E-state index >= 15 is 0 Å². The average Bonchev–Trinajstić information content (AvgIpc) is 3.33. The maximum absolute atomic E-state index is 10.8. The Labute approximate surface area is 187 Å². The maximum Gasteiger partial charge on any atom is 0.120 e. The summed E-state index contributed by atoms with van der Waals surface area (Å²) in [5.41, 5.74) is 4.59. The summed E-state index contributed by atoms with van der Waals surface area (Å²) in [6.45, 7) is 13.2. The number of hydrogen-bond acceptors (Lipinski definition) is 4. The van der Waals surface area contributed by atoms with Crippen molar-refractivity contribution in [2.75, 3.05) is 13.1 Å². The van der Waals surface area contributed by atoms with Gasteiger partial charge < -0.3 is 14.8 Å². The molecule has 4 rings (SSSR count). The largest absolute Gasteiger partial charge is 0.390 e. The molecule has 0 spiro atoms. The first kappa shape index (κ1) is 22.3. The number of rotatable bonds is 8. The fraction of sp³-hybridized carbons (Fsp3) is 0.593. The Morgan fingerprint density at radius 1 is 1.29 bits per heavy atom. The summed E-state index contributed by atoms with van der Waals surface area (Å²) in [4.78, 5) is 15.8. The third-order valence-electron chi connectivity index (χ3n) is 7.88. The molecule has 168 valence electrons. The highest BCUT2D eigenvalue weighted by molar-refractivity contribution is 5.70. The Morgan fingerprint density at radius 3 is 2.77 bits per heavy atom. The van der Waals surface area contributed by atoms with E-state index in [1.54, 1.807) is 0 Å². The van der Waals surface area contributed by atoms with Gasteiger partial charge in [-0.2, -0.15) is 0 Å². The minimum absolute atomic E-state index is 0.157. The van der Waals surface area contributed by atoms with Crippen molar-refractivity contribution in [2.45, 2.75) is 82.5 Å². The van der Waals surface area contributed by atoms with Gasteiger partial charge in [-0.15, -0.1) is 6.58 Å². The number of piperidine rings is 1. The van der Waals surface area contributed by atoms with E-state index in [9.17, 15) is 9.90 Å². The van der Waals surface area contributed by atoms with Gasteiger partial charge in [-0.05, 0) is 62.5 Å². The van der Waals surface area contributed by atoms with Crippen LogP contribution in [-0.2, 0) is 17.8 Å². The highest BCUT2D eigenvalue weighted by atomic mass is 16.3. The summed E-state index contributed by atoms with van der Waals surface area (Å²) in [5.74, 6) is 0.704. The monoisotopic (exact) mass is 422 g/mol. The van der Waals surface area contributed by atoms with Gasteiger partial charge >= 0.3 is 0 Å². The van der Waals surface area contributed by atoms with Crippen molar-refractivity contribution < 1.29 is 9.90 Å². The van der Waals surface area contributed by atoms with Crippen LogP contribution < -0.4 is 0 Å². The number of aliphatic hydroxyl groups is 1. The number of carbonyl (C=O) groups excluding carboxylic acids is 1. The summed E-state index contributed by atoms with van der Waals surface area (Å²) in [7, 11) is 0. The van der Waals surface area contributed by atoms with E-state index in [-0.39, 0.29) is 6.04 Å². The van der Waals surface area contributed by atoms with Crippen molar-refractivity contribution >= 4 is 12.0 Å². The van der Waals surface area contributed by atoms with E-state index < -0.39 is 5.60 Å². The molecule has 31 heavy (non-hydrogen) atoms. The average molecular weight is 423 g/mol. The SMILES string of the molecule is C=CC(CCC=O)N1Cc2cc(CC3CCCC3N3CCC(C)(O)CC3)ccc2C1=C. The molecule has 3 aliphatic rings. The van der Waals surface area contributed by atoms with E-state index in [1.165, 1.54) is 36.0 Å². The highest BCUT2D eigenvalue weighted by Gasteiger charge is 2.37. The van der Waals surface area contributed by atoms with Crippen LogP contribution in [0.5, 0.6) is 0 Å². The standard InChI is InChI=1S/C27H38N2O2/c1-4-24(8-6-16-30)29-19-23-18-21(10-11-25(23)20(29)2)17-22-7-5-9-26(22)28-14-12-27(3,31)13-15-28/h4,10-11,16,18,22,24,26,31H,1-2,5-9,12-15,17,19H2,3H3. The number of nitrogens with zero attached hydrogens (tertiary/aromatic N) is 2. The van der Waals surface area contributed by atoms with Crippen molar-refractivity contribution in [3.05, 3.63) is 54.1 Å². The Balaban J connectivity index is 1.42. The number of likely N-dealkylation sites (tertiary alicyclic amines) is 1. The van der Waals surface area contributed by atoms with E-state index in [2.05, 4.69) is 41.2 Å². The second-order valence-corrected chi connectivity index (χ2v) is 10.1. The van der Waals surface area contributed by atoms with Gasteiger partial charge in [0.05, 0.1) is 5.60 Å². The van der Waals surface area contributed by atoms with Gasteiger partial charge in [-0.3, -0.25) is 4.90 Å². The predicted octanol–water partition coefficient (Wildman–Crippen LogP) is 4.56. The summed E-state index contributed by atoms with van der Waals surface area (Å²) in [6, 6.07) is 7.73. The second kappa shape index (κ2) is 9.30. The van der Waals surface area contributed by atoms with Crippen LogP contribution in [0.25, 0.3) is 5.70 Å². The zero-order valence-electron chi connectivity index (χ0n) is 19.1. The fourth-order valence-electron chi connectivity index (χ4n) is 5.95. The zero-order chi connectivity index (χ0) is 22.0. The number of benzene rings is 1. The summed E-state index contributed by atoms with van der Waals surface area (Å²) >= 11 is 0. The molecule has 1 aromatic carbocycles. The number of carbonyl (C=O) groups is 1. The van der Waals surface area contributed by atoms with Crippen LogP contribution in [0.1, 0.15) is 68.6 Å². The lowest BCUT2D eigenvalue weighted by Crippen LogP contribution is -2.48. The van der Waals surface area contributed by atoms with Crippen molar-refractivity contribution in [1.82, 2.24) is 9.80 Å². The van der Waals surface area contributed by atoms with Gasteiger partial charge in [0.1, 0.15) is 6.29 Å². The van der Waals surface area contributed by atoms with Gasteiger partial charge in [0, 0.05) is 49.4 Å². The molecule has 0 amide bonds. The molecule has 1 N–H and O–H groups in total.